The molecule has 0 aliphatic heterocycles. The van der Waals surface area contributed by atoms with E-state index in [1.165, 1.54) is 37.7 Å². The minimum Gasteiger partial charge on any atom is -0.325 e. The standard InChI is InChI=1S/C14H25N3/c1-12-4-3-7-14(15,8-5-12)9-6-13-10-16-17(2)11-13/h10-12H,3-9,15H2,1-2H3. The first kappa shape index (κ1) is 12.6. The molecule has 1 saturated carbocycles. The Bertz CT molecular complexity index is 358. The fraction of sp³-hybridized carbons (Fsp3) is 0.786. The van der Waals surface area contributed by atoms with Gasteiger partial charge in [0, 0.05) is 18.8 Å². The van der Waals surface area contributed by atoms with Crippen LogP contribution in [0.2, 0.25) is 0 Å². The Balaban J connectivity index is 1.88. The van der Waals surface area contributed by atoms with E-state index in [1.807, 2.05) is 17.9 Å². The van der Waals surface area contributed by atoms with Crippen LogP contribution < -0.4 is 5.73 Å². The Morgan fingerprint density at radius 1 is 1.47 bits per heavy atom. The highest BCUT2D eigenvalue weighted by molar-refractivity contribution is 5.05. The maximum atomic E-state index is 6.55. The van der Waals surface area contributed by atoms with E-state index in [1.54, 1.807) is 0 Å². The molecule has 0 aromatic carbocycles. The lowest BCUT2D eigenvalue weighted by molar-refractivity contribution is 0.341. The number of aryl methyl sites for hydroxylation is 2. The summed E-state index contributed by atoms with van der Waals surface area (Å²) in [6, 6.07) is 0. The molecule has 0 spiro atoms. The molecular formula is C14H25N3. The molecule has 1 aromatic rings. The molecule has 3 heteroatoms. The molecule has 1 aliphatic rings. The molecular weight excluding hydrogens is 210 g/mol. The second-order valence-electron chi connectivity index (χ2n) is 5.92. The fourth-order valence-corrected chi connectivity index (χ4v) is 2.85. The molecule has 1 aromatic heterocycles. The highest BCUT2D eigenvalue weighted by Crippen LogP contribution is 2.31. The number of nitrogens with zero attached hydrogens (tertiary/aromatic N) is 2. The smallest absolute Gasteiger partial charge is 0.0521 e. The van der Waals surface area contributed by atoms with Crippen LogP contribution >= 0.6 is 0 Å². The van der Waals surface area contributed by atoms with Crippen LogP contribution in [0.5, 0.6) is 0 Å². The van der Waals surface area contributed by atoms with E-state index >= 15 is 0 Å². The van der Waals surface area contributed by atoms with E-state index in [2.05, 4.69) is 18.2 Å². The lowest BCUT2D eigenvalue weighted by Crippen LogP contribution is -2.39. The SMILES string of the molecule is CC1CCCC(N)(CCc2cnn(C)c2)CC1. The van der Waals surface area contributed by atoms with E-state index in [0.717, 1.165) is 18.8 Å². The summed E-state index contributed by atoms with van der Waals surface area (Å²) in [5.41, 5.74) is 7.93. The van der Waals surface area contributed by atoms with E-state index in [0.29, 0.717) is 0 Å². The minimum absolute atomic E-state index is 0.0700. The third-order valence-electron chi connectivity index (χ3n) is 4.18. The van der Waals surface area contributed by atoms with Gasteiger partial charge in [0.2, 0.25) is 0 Å². The average molecular weight is 235 g/mol. The van der Waals surface area contributed by atoms with E-state index in [9.17, 15) is 0 Å². The molecule has 0 bridgehead atoms. The number of rotatable bonds is 3. The lowest BCUT2D eigenvalue weighted by atomic mass is 9.85. The van der Waals surface area contributed by atoms with Crippen molar-refractivity contribution >= 4 is 0 Å². The zero-order valence-corrected chi connectivity index (χ0v) is 11.2. The summed E-state index contributed by atoms with van der Waals surface area (Å²) in [6.07, 6.45) is 12.6. The molecule has 2 N–H and O–H groups in total. The van der Waals surface area contributed by atoms with Crippen molar-refractivity contribution in [1.29, 1.82) is 0 Å². The van der Waals surface area contributed by atoms with Gasteiger partial charge in [-0.1, -0.05) is 19.8 Å². The van der Waals surface area contributed by atoms with Gasteiger partial charge < -0.3 is 5.73 Å². The van der Waals surface area contributed by atoms with Crippen molar-refractivity contribution in [2.24, 2.45) is 18.7 Å². The van der Waals surface area contributed by atoms with Gasteiger partial charge in [-0.2, -0.15) is 5.10 Å². The molecule has 2 atom stereocenters. The molecule has 3 nitrogen and oxygen atoms in total. The summed E-state index contributed by atoms with van der Waals surface area (Å²) >= 11 is 0. The topological polar surface area (TPSA) is 43.8 Å². The summed E-state index contributed by atoms with van der Waals surface area (Å²) in [5, 5.41) is 4.21. The maximum absolute atomic E-state index is 6.55. The molecule has 1 heterocycles. The summed E-state index contributed by atoms with van der Waals surface area (Å²) in [6.45, 7) is 2.35. The zero-order valence-electron chi connectivity index (χ0n) is 11.2. The lowest BCUT2D eigenvalue weighted by Gasteiger charge is -2.28. The molecule has 1 fully saturated rings. The predicted molar refractivity (Wildman–Crippen MR) is 70.7 cm³/mol. The fourth-order valence-electron chi connectivity index (χ4n) is 2.85. The van der Waals surface area contributed by atoms with Gasteiger partial charge in [0.15, 0.2) is 0 Å². The Morgan fingerprint density at radius 2 is 2.29 bits per heavy atom. The van der Waals surface area contributed by atoms with Crippen molar-refractivity contribution in [1.82, 2.24) is 9.78 Å². The molecule has 0 saturated heterocycles. The molecule has 1 aliphatic carbocycles. The quantitative estimate of drug-likeness (QED) is 0.819. The maximum Gasteiger partial charge on any atom is 0.0521 e. The summed E-state index contributed by atoms with van der Waals surface area (Å²) in [4.78, 5) is 0. The van der Waals surface area contributed by atoms with Crippen molar-refractivity contribution in [3.05, 3.63) is 18.0 Å². The summed E-state index contributed by atoms with van der Waals surface area (Å²) in [5.74, 6) is 0.860. The van der Waals surface area contributed by atoms with Crippen LogP contribution in [0.3, 0.4) is 0 Å². The van der Waals surface area contributed by atoms with Crippen LogP contribution in [-0.4, -0.2) is 15.3 Å². The van der Waals surface area contributed by atoms with E-state index in [4.69, 9.17) is 5.73 Å². The molecule has 17 heavy (non-hydrogen) atoms. The van der Waals surface area contributed by atoms with Crippen LogP contribution in [0, 0.1) is 5.92 Å². The normalized spacial score (nSPS) is 30.2. The van der Waals surface area contributed by atoms with Gasteiger partial charge in [-0.25, -0.2) is 0 Å². The number of hydrogen-bond donors (Lipinski definition) is 1. The summed E-state index contributed by atoms with van der Waals surface area (Å²) < 4.78 is 1.87. The van der Waals surface area contributed by atoms with Gasteiger partial charge in [-0.05, 0) is 43.6 Å². The van der Waals surface area contributed by atoms with E-state index < -0.39 is 0 Å². The monoisotopic (exact) mass is 235 g/mol. The van der Waals surface area contributed by atoms with Crippen LogP contribution in [0.4, 0.5) is 0 Å². The first-order valence-electron chi connectivity index (χ1n) is 6.84. The predicted octanol–water partition coefficient (Wildman–Crippen LogP) is 2.65. The van der Waals surface area contributed by atoms with Crippen LogP contribution in [-0.2, 0) is 13.5 Å². The van der Waals surface area contributed by atoms with Gasteiger partial charge in [0.25, 0.3) is 0 Å². The molecule has 2 unspecified atom stereocenters. The van der Waals surface area contributed by atoms with Crippen molar-refractivity contribution in [2.45, 2.75) is 57.4 Å². The Hall–Kier alpha value is -0.830. The third-order valence-corrected chi connectivity index (χ3v) is 4.18. The zero-order chi connectivity index (χ0) is 12.3. The molecule has 0 radical (unpaired) electrons. The average Bonchev–Trinajstić information content (AvgIpc) is 2.62. The largest absolute Gasteiger partial charge is 0.325 e. The first-order chi connectivity index (χ1) is 8.07. The Morgan fingerprint density at radius 3 is 3.00 bits per heavy atom. The second kappa shape index (κ2) is 5.21. The third kappa shape index (κ3) is 3.56. The number of hydrogen-bond acceptors (Lipinski definition) is 2. The molecule has 0 amide bonds. The number of nitrogens with two attached hydrogens (primary N) is 1. The highest BCUT2D eigenvalue weighted by Gasteiger charge is 2.27. The first-order valence-corrected chi connectivity index (χ1v) is 6.84. The van der Waals surface area contributed by atoms with Gasteiger partial charge >= 0.3 is 0 Å². The number of aromatic nitrogens is 2. The van der Waals surface area contributed by atoms with Crippen molar-refractivity contribution < 1.29 is 0 Å². The van der Waals surface area contributed by atoms with Crippen molar-refractivity contribution in [3.63, 3.8) is 0 Å². The van der Waals surface area contributed by atoms with Gasteiger partial charge in [-0.3, -0.25) is 4.68 Å². The minimum atomic E-state index is 0.0700. The van der Waals surface area contributed by atoms with Crippen molar-refractivity contribution in [3.8, 4) is 0 Å². The van der Waals surface area contributed by atoms with E-state index in [-0.39, 0.29) is 5.54 Å². The van der Waals surface area contributed by atoms with Gasteiger partial charge in [0.05, 0.1) is 6.20 Å². The van der Waals surface area contributed by atoms with Gasteiger partial charge in [-0.15, -0.1) is 0 Å². The molecule has 2 rings (SSSR count). The molecule has 96 valence electrons. The summed E-state index contributed by atoms with van der Waals surface area (Å²) in [7, 11) is 1.97. The second-order valence-corrected chi connectivity index (χ2v) is 5.92. The van der Waals surface area contributed by atoms with Crippen LogP contribution in [0.25, 0.3) is 0 Å². The van der Waals surface area contributed by atoms with Crippen LogP contribution in [0.1, 0.15) is 51.0 Å². The van der Waals surface area contributed by atoms with Crippen LogP contribution in [0.15, 0.2) is 12.4 Å². The Kier molecular flexibility index (Phi) is 3.87. The van der Waals surface area contributed by atoms with Crippen molar-refractivity contribution in [2.75, 3.05) is 0 Å². The highest BCUT2D eigenvalue weighted by atomic mass is 15.2. The Labute approximate surface area is 104 Å². The van der Waals surface area contributed by atoms with Gasteiger partial charge in [0.1, 0.15) is 0 Å².